The average molecular weight is 280 g/mol. The molecule has 0 radical (unpaired) electrons. The molecule has 0 saturated carbocycles. The van der Waals surface area contributed by atoms with E-state index >= 15 is 0 Å². The predicted octanol–water partition coefficient (Wildman–Crippen LogP) is 2.52. The second-order valence-corrected chi connectivity index (χ2v) is 6.48. The van der Waals surface area contributed by atoms with Crippen LogP contribution < -0.4 is 5.73 Å². The van der Waals surface area contributed by atoms with Crippen LogP contribution in [0.25, 0.3) is 0 Å². The Hall–Kier alpha value is -0.550. The van der Waals surface area contributed by atoms with Crippen molar-refractivity contribution in [1.82, 2.24) is 4.90 Å². The van der Waals surface area contributed by atoms with E-state index in [1.54, 1.807) is 11.8 Å². The Morgan fingerprint density at radius 3 is 2.58 bits per heavy atom. The number of thioether (sulfide) groups is 1. The molecule has 2 rings (SSSR count). The summed E-state index contributed by atoms with van der Waals surface area (Å²) in [7, 11) is 0. The summed E-state index contributed by atoms with van der Waals surface area (Å²) in [5, 5.41) is 0. The van der Waals surface area contributed by atoms with Crippen LogP contribution in [0.4, 0.5) is 0 Å². The quantitative estimate of drug-likeness (QED) is 0.860. The van der Waals surface area contributed by atoms with Crippen molar-refractivity contribution in [3.05, 3.63) is 29.8 Å². The van der Waals surface area contributed by atoms with Gasteiger partial charge >= 0.3 is 0 Å². The third-order valence-electron chi connectivity index (χ3n) is 3.62. The standard InChI is InChI=1S/C15H24N2OS/c1-15(2)11-17(8-9-18-15)14(10-16)12-4-6-13(19-3)7-5-12/h4-7,14H,8-11,16H2,1-3H3. The van der Waals surface area contributed by atoms with Gasteiger partial charge in [-0.3, -0.25) is 4.90 Å². The Bertz CT molecular complexity index is 405. The van der Waals surface area contributed by atoms with E-state index in [4.69, 9.17) is 10.5 Å². The molecule has 1 aliphatic rings. The molecule has 1 fully saturated rings. The fraction of sp³-hybridized carbons (Fsp3) is 0.600. The topological polar surface area (TPSA) is 38.5 Å². The van der Waals surface area contributed by atoms with Crippen molar-refractivity contribution >= 4 is 11.8 Å². The summed E-state index contributed by atoms with van der Waals surface area (Å²) in [5.41, 5.74) is 7.23. The van der Waals surface area contributed by atoms with Gasteiger partial charge < -0.3 is 10.5 Å². The highest BCUT2D eigenvalue weighted by atomic mass is 32.2. The van der Waals surface area contributed by atoms with Crippen LogP contribution in [-0.4, -0.2) is 43.0 Å². The van der Waals surface area contributed by atoms with Crippen molar-refractivity contribution in [2.75, 3.05) is 32.5 Å². The van der Waals surface area contributed by atoms with Gasteiger partial charge in [-0.15, -0.1) is 11.8 Å². The monoisotopic (exact) mass is 280 g/mol. The summed E-state index contributed by atoms with van der Waals surface area (Å²) < 4.78 is 5.78. The SMILES string of the molecule is CSc1ccc(C(CN)N2CCOC(C)(C)C2)cc1. The van der Waals surface area contributed by atoms with Crippen LogP contribution in [-0.2, 0) is 4.74 Å². The largest absolute Gasteiger partial charge is 0.373 e. The molecule has 0 aromatic heterocycles. The molecule has 1 heterocycles. The number of rotatable bonds is 4. The third kappa shape index (κ3) is 3.72. The number of morpholine rings is 1. The molecule has 1 unspecified atom stereocenters. The van der Waals surface area contributed by atoms with Crippen LogP contribution in [0.15, 0.2) is 29.2 Å². The zero-order chi connectivity index (χ0) is 13.9. The van der Waals surface area contributed by atoms with E-state index in [2.05, 4.69) is 49.3 Å². The predicted molar refractivity (Wildman–Crippen MR) is 81.6 cm³/mol. The number of benzene rings is 1. The molecule has 0 spiro atoms. The first kappa shape index (κ1) is 14.9. The van der Waals surface area contributed by atoms with E-state index in [0.29, 0.717) is 12.6 Å². The van der Waals surface area contributed by atoms with Crippen molar-refractivity contribution in [2.45, 2.75) is 30.4 Å². The smallest absolute Gasteiger partial charge is 0.0753 e. The lowest BCUT2D eigenvalue weighted by Gasteiger charge is -2.42. The maximum absolute atomic E-state index is 6.01. The van der Waals surface area contributed by atoms with Crippen LogP contribution in [0.1, 0.15) is 25.5 Å². The summed E-state index contributed by atoms with van der Waals surface area (Å²) >= 11 is 1.77. The minimum Gasteiger partial charge on any atom is -0.373 e. The van der Waals surface area contributed by atoms with Crippen molar-refractivity contribution in [3.8, 4) is 0 Å². The summed E-state index contributed by atoms with van der Waals surface area (Å²) in [5.74, 6) is 0. The lowest BCUT2D eigenvalue weighted by atomic mass is 10.0. The lowest BCUT2D eigenvalue weighted by molar-refractivity contribution is -0.0967. The molecule has 1 saturated heterocycles. The molecular weight excluding hydrogens is 256 g/mol. The first-order chi connectivity index (χ1) is 9.05. The second-order valence-electron chi connectivity index (χ2n) is 5.60. The number of nitrogens with two attached hydrogens (primary N) is 1. The number of hydrogen-bond donors (Lipinski definition) is 1. The molecular formula is C15H24N2OS. The highest BCUT2D eigenvalue weighted by Gasteiger charge is 2.31. The molecule has 1 aromatic carbocycles. The molecule has 3 nitrogen and oxygen atoms in total. The Morgan fingerprint density at radius 1 is 1.37 bits per heavy atom. The first-order valence-corrected chi connectivity index (χ1v) is 8.00. The summed E-state index contributed by atoms with van der Waals surface area (Å²) in [6.45, 7) is 7.60. The Kier molecular flexibility index (Phi) is 4.90. The van der Waals surface area contributed by atoms with Gasteiger partial charge in [0.2, 0.25) is 0 Å². The number of nitrogens with zero attached hydrogens (tertiary/aromatic N) is 1. The summed E-state index contributed by atoms with van der Waals surface area (Å²) in [4.78, 5) is 3.74. The van der Waals surface area contributed by atoms with Gasteiger partial charge in [-0.2, -0.15) is 0 Å². The second kappa shape index (κ2) is 6.27. The zero-order valence-corrected chi connectivity index (χ0v) is 12.9. The van der Waals surface area contributed by atoms with E-state index in [1.807, 2.05) is 0 Å². The highest BCUT2D eigenvalue weighted by Crippen LogP contribution is 2.27. The third-order valence-corrected chi connectivity index (χ3v) is 4.36. The molecule has 1 aliphatic heterocycles. The van der Waals surface area contributed by atoms with E-state index in [0.717, 1.165) is 19.7 Å². The van der Waals surface area contributed by atoms with Gasteiger partial charge in [0.25, 0.3) is 0 Å². The van der Waals surface area contributed by atoms with Gasteiger partial charge in [0, 0.05) is 30.6 Å². The first-order valence-electron chi connectivity index (χ1n) is 6.78. The molecule has 2 N–H and O–H groups in total. The molecule has 0 amide bonds. The molecule has 1 aromatic rings. The van der Waals surface area contributed by atoms with Crippen molar-refractivity contribution in [2.24, 2.45) is 5.73 Å². The van der Waals surface area contributed by atoms with Gasteiger partial charge in [-0.05, 0) is 37.8 Å². The van der Waals surface area contributed by atoms with Crippen LogP contribution in [0, 0.1) is 0 Å². The van der Waals surface area contributed by atoms with Crippen LogP contribution >= 0.6 is 11.8 Å². The van der Waals surface area contributed by atoms with Gasteiger partial charge in [0.15, 0.2) is 0 Å². The highest BCUT2D eigenvalue weighted by molar-refractivity contribution is 7.98. The van der Waals surface area contributed by atoms with Gasteiger partial charge in [-0.1, -0.05) is 12.1 Å². The Labute approximate surface area is 120 Å². The molecule has 4 heteroatoms. The van der Waals surface area contributed by atoms with Crippen LogP contribution in [0.2, 0.25) is 0 Å². The van der Waals surface area contributed by atoms with Gasteiger partial charge in [0.1, 0.15) is 0 Å². The maximum atomic E-state index is 6.01. The molecule has 0 bridgehead atoms. The van der Waals surface area contributed by atoms with E-state index < -0.39 is 0 Å². The normalized spacial score (nSPS) is 21.3. The number of ether oxygens (including phenoxy) is 1. The van der Waals surface area contributed by atoms with E-state index in [9.17, 15) is 0 Å². The Morgan fingerprint density at radius 2 is 2.05 bits per heavy atom. The summed E-state index contributed by atoms with van der Waals surface area (Å²) in [6, 6.07) is 9.04. The zero-order valence-electron chi connectivity index (χ0n) is 12.1. The fourth-order valence-electron chi connectivity index (χ4n) is 2.64. The summed E-state index contributed by atoms with van der Waals surface area (Å²) in [6.07, 6.45) is 2.10. The average Bonchev–Trinajstić information content (AvgIpc) is 2.39. The van der Waals surface area contributed by atoms with Crippen LogP contribution in [0.3, 0.4) is 0 Å². The fourth-order valence-corrected chi connectivity index (χ4v) is 3.05. The van der Waals surface area contributed by atoms with Crippen molar-refractivity contribution in [1.29, 1.82) is 0 Å². The minimum absolute atomic E-state index is 0.0785. The Balaban J connectivity index is 2.14. The van der Waals surface area contributed by atoms with Crippen LogP contribution in [0.5, 0.6) is 0 Å². The molecule has 106 valence electrons. The van der Waals surface area contributed by atoms with Gasteiger partial charge in [-0.25, -0.2) is 0 Å². The van der Waals surface area contributed by atoms with Gasteiger partial charge in [0.05, 0.1) is 12.2 Å². The molecule has 19 heavy (non-hydrogen) atoms. The maximum Gasteiger partial charge on any atom is 0.0753 e. The molecule has 0 aliphatic carbocycles. The van der Waals surface area contributed by atoms with Crippen molar-refractivity contribution < 1.29 is 4.74 Å². The van der Waals surface area contributed by atoms with Crippen molar-refractivity contribution in [3.63, 3.8) is 0 Å². The molecule has 1 atom stereocenters. The lowest BCUT2D eigenvalue weighted by Crippen LogP contribution is -2.50. The van der Waals surface area contributed by atoms with E-state index in [-0.39, 0.29) is 5.60 Å². The number of hydrogen-bond acceptors (Lipinski definition) is 4. The van der Waals surface area contributed by atoms with E-state index in [1.165, 1.54) is 10.5 Å². The minimum atomic E-state index is -0.0785.